The molecule has 0 atom stereocenters. The molecule has 0 aliphatic rings. The Morgan fingerprint density at radius 2 is 1.22 bits per heavy atom. The molecule has 0 bridgehead atoms. The molecule has 0 aliphatic heterocycles. The summed E-state index contributed by atoms with van der Waals surface area (Å²) in [4.78, 5) is 3.42. The minimum absolute atomic E-state index is 0.637. The zero-order valence-electron chi connectivity index (χ0n) is 13.2. The second kappa shape index (κ2) is 7.35. The van der Waals surface area contributed by atoms with E-state index in [1.165, 1.54) is 0 Å². The van der Waals surface area contributed by atoms with Crippen molar-refractivity contribution in [3.8, 4) is 11.5 Å². The standard InChI is InChI=1S/C18H23N3O2/c19-7-1-9-22-13-3-5-17-15(11-13)16-12-14(23-10-2-8-20)4-6-18(16)21-17/h3-6,11-12,21H,1-2,7-10,19-20H2. The summed E-state index contributed by atoms with van der Waals surface area (Å²) in [5.41, 5.74) is 13.2. The van der Waals surface area contributed by atoms with Crippen molar-refractivity contribution in [2.24, 2.45) is 11.5 Å². The van der Waals surface area contributed by atoms with Crippen molar-refractivity contribution in [2.75, 3.05) is 26.3 Å². The van der Waals surface area contributed by atoms with Gasteiger partial charge in [0.25, 0.3) is 0 Å². The summed E-state index contributed by atoms with van der Waals surface area (Å²) in [5.74, 6) is 1.72. The van der Waals surface area contributed by atoms with Crippen molar-refractivity contribution in [3.05, 3.63) is 36.4 Å². The number of aromatic amines is 1. The van der Waals surface area contributed by atoms with Crippen molar-refractivity contribution < 1.29 is 9.47 Å². The van der Waals surface area contributed by atoms with Crippen molar-refractivity contribution in [1.82, 2.24) is 4.98 Å². The number of aromatic nitrogens is 1. The molecule has 2 aromatic carbocycles. The third kappa shape index (κ3) is 3.57. The molecule has 0 spiro atoms. The molecule has 0 amide bonds. The van der Waals surface area contributed by atoms with Crippen molar-refractivity contribution in [3.63, 3.8) is 0 Å². The van der Waals surface area contributed by atoms with Crippen LogP contribution in [0.25, 0.3) is 21.8 Å². The summed E-state index contributed by atoms with van der Waals surface area (Å²) >= 11 is 0. The van der Waals surface area contributed by atoms with E-state index in [0.29, 0.717) is 26.3 Å². The minimum atomic E-state index is 0.637. The van der Waals surface area contributed by atoms with Crippen molar-refractivity contribution >= 4 is 21.8 Å². The summed E-state index contributed by atoms with van der Waals surface area (Å²) in [6, 6.07) is 12.2. The Labute approximate surface area is 135 Å². The van der Waals surface area contributed by atoms with Gasteiger partial charge in [-0.3, -0.25) is 0 Å². The second-order valence-electron chi connectivity index (χ2n) is 5.52. The van der Waals surface area contributed by atoms with Crippen LogP contribution >= 0.6 is 0 Å². The van der Waals surface area contributed by atoms with Crippen LogP contribution in [-0.2, 0) is 0 Å². The molecule has 3 rings (SSSR count). The number of nitrogens with two attached hydrogens (primary N) is 2. The molecular formula is C18H23N3O2. The van der Waals surface area contributed by atoms with Crippen LogP contribution in [0.5, 0.6) is 11.5 Å². The molecule has 0 fully saturated rings. The first-order valence-electron chi connectivity index (χ1n) is 8.03. The monoisotopic (exact) mass is 313 g/mol. The lowest BCUT2D eigenvalue weighted by atomic mass is 10.1. The number of hydrogen-bond donors (Lipinski definition) is 3. The first kappa shape index (κ1) is 15.6. The lowest BCUT2D eigenvalue weighted by molar-refractivity contribution is 0.313. The maximum atomic E-state index is 5.74. The number of H-pyrrole nitrogens is 1. The van der Waals surface area contributed by atoms with Crippen LogP contribution in [-0.4, -0.2) is 31.3 Å². The van der Waals surface area contributed by atoms with Gasteiger partial charge in [0.15, 0.2) is 0 Å². The molecule has 5 heteroatoms. The van der Waals surface area contributed by atoms with E-state index < -0.39 is 0 Å². The molecule has 0 radical (unpaired) electrons. The lowest BCUT2D eigenvalue weighted by Crippen LogP contribution is -2.06. The fourth-order valence-electron chi connectivity index (χ4n) is 2.58. The van der Waals surface area contributed by atoms with Gasteiger partial charge in [-0.1, -0.05) is 0 Å². The van der Waals surface area contributed by atoms with Gasteiger partial charge in [0.2, 0.25) is 0 Å². The first-order valence-corrected chi connectivity index (χ1v) is 8.03. The van der Waals surface area contributed by atoms with E-state index in [4.69, 9.17) is 20.9 Å². The molecule has 122 valence electrons. The molecule has 5 N–H and O–H groups in total. The van der Waals surface area contributed by atoms with Crippen LogP contribution in [0.1, 0.15) is 12.8 Å². The summed E-state index contributed by atoms with van der Waals surface area (Å²) in [6.07, 6.45) is 1.70. The minimum Gasteiger partial charge on any atom is -0.494 e. The molecule has 0 saturated carbocycles. The van der Waals surface area contributed by atoms with E-state index in [2.05, 4.69) is 17.1 Å². The van der Waals surface area contributed by atoms with Crippen LogP contribution in [0, 0.1) is 0 Å². The molecule has 5 nitrogen and oxygen atoms in total. The van der Waals surface area contributed by atoms with Gasteiger partial charge in [-0.05, 0) is 62.3 Å². The highest BCUT2D eigenvalue weighted by molar-refractivity contribution is 6.08. The Bertz CT molecular complexity index is 718. The summed E-state index contributed by atoms with van der Waals surface area (Å²) in [5, 5.41) is 2.27. The Balaban J connectivity index is 1.89. The summed E-state index contributed by atoms with van der Waals surface area (Å²) in [7, 11) is 0. The highest BCUT2D eigenvalue weighted by Crippen LogP contribution is 2.31. The fourth-order valence-corrected chi connectivity index (χ4v) is 2.58. The molecule has 0 unspecified atom stereocenters. The van der Waals surface area contributed by atoms with Crippen molar-refractivity contribution in [1.29, 1.82) is 0 Å². The normalized spacial score (nSPS) is 11.2. The van der Waals surface area contributed by atoms with Gasteiger partial charge in [-0.25, -0.2) is 0 Å². The molecule has 23 heavy (non-hydrogen) atoms. The topological polar surface area (TPSA) is 86.3 Å². The predicted molar refractivity (Wildman–Crippen MR) is 94.1 cm³/mol. The third-order valence-corrected chi connectivity index (χ3v) is 3.78. The van der Waals surface area contributed by atoms with Crippen LogP contribution < -0.4 is 20.9 Å². The van der Waals surface area contributed by atoms with Gasteiger partial charge >= 0.3 is 0 Å². The van der Waals surface area contributed by atoms with Gasteiger partial charge < -0.3 is 25.9 Å². The number of nitrogens with one attached hydrogen (secondary N) is 1. The number of hydrogen-bond acceptors (Lipinski definition) is 4. The quantitative estimate of drug-likeness (QED) is 0.558. The zero-order valence-corrected chi connectivity index (χ0v) is 13.2. The number of rotatable bonds is 8. The maximum absolute atomic E-state index is 5.74. The lowest BCUT2D eigenvalue weighted by Gasteiger charge is -2.06. The zero-order chi connectivity index (χ0) is 16.1. The number of benzene rings is 2. The van der Waals surface area contributed by atoms with Gasteiger partial charge in [-0.15, -0.1) is 0 Å². The Hall–Kier alpha value is -2.24. The fraction of sp³-hybridized carbons (Fsp3) is 0.333. The van der Waals surface area contributed by atoms with Crippen LogP contribution in [0.2, 0.25) is 0 Å². The average Bonchev–Trinajstić information content (AvgIpc) is 2.93. The Kier molecular flexibility index (Phi) is 5.00. The van der Waals surface area contributed by atoms with Crippen LogP contribution in [0.3, 0.4) is 0 Å². The summed E-state index contributed by atoms with van der Waals surface area (Å²) in [6.45, 7) is 2.55. The van der Waals surface area contributed by atoms with E-state index in [1.807, 2.05) is 24.3 Å². The predicted octanol–water partition coefficient (Wildman–Crippen LogP) is 2.78. The van der Waals surface area contributed by atoms with E-state index in [-0.39, 0.29) is 0 Å². The highest BCUT2D eigenvalue weighted by atomic mass is 16.5. The summed E-state index contributed by atoms with van der Waals surface area (Å²) < 4.78 is 11.5. The van der Waals surface area contributed by atoms with Crippen molar-refractivity contribution in [2.45, 2.75) is 12.8 Å². The third-order valence-electron chi connectivity index (χ3n) is 3.78. The largest absolute Gasteiger partial charge is 0.494 e. The van der Waals surface area contributed by atoms with Gasteiger partial charge in [-0.2, -0.15) is 0 Å². The smallest absolute Gasteiger partial charge is 0.120 e. The van der Waals surface area contributed by atoms with E-state index in [9.17, 15) is 0 Å². The molecular weight excluding hydrogens is 290 g/mol. The number of fused-ring (bicyclic) bond motifs is 3. The Morgan fingerprint density at radius 3 is 1.65 bits per heavy atom. The van der Waals surface area contributed by atoms with E-state index >= 15 is 0 Å². The Morgan fingerprint density at radius 1 is 0.739 bits per heavy atom. The molecule has 1 aromatic heterocycles. The molecule has 0 aliphatic carbocycles. The van der Waals surface area contributed by atoms with E-state index in [1.54, 1.807) is 0 Å². The second-order valence-corrected chi connectivity index (χ2v) is 5.52. The highest BCUT2D eigenvalue weighted by Gasteiger charge is 2.07. The maximum Gasteiger partial charge on any atom is 0.120 e. The van der Waals surface area contributed by atoms with E-state index in [0.717, 1.165) is 46.1 Å². The average molecular weight is 313 g/mol. The van der Waals surface area contributed by atoms with Gasteiger partial charge in [0, 0.05) is 21.8 Å². The molecule has 3 aromatic rings. The van der Waals surface area contributed by atoms with Gasteiger partial charge in [0.1, 0.15) is 11.5 Å². The first-order chi connectivity index (χ1) is 11.3. The van der Waals surface area contributed by atoms with Gasteiger partial charge in [0.05, 0.1) is 13.2 Å². The molecule has 1 heterocycles. The SMILES string of the molecule is NCCCOc1ccc2[nH]c3ccc(OCCCN)cc3c2c1. The van der Waals surface area contributed by atoms with Crippen LogP contribution in [0.15, 0.2) is 36.4 Å². The van der Waals surface area contributed by atoms with Crippen LogP contribution in [0.4, 0.5) is 0 Å². The number of ether oxygens (including phenoxy) is 2. The molecule has 0 saturated heterocycles.